The zero-order valence-corrected chi connectivity index (χ0v) is 17.4. The van der Waals surface area contributed by atoms with Crippen LogP contribution in [0.4, 0.5) is 5.69 Å². The smallest absolute Gasteiger partial charge is 0.262 e. The number of halogens is 2. The maximum atomic E-state index is 12.7. The number of allylic oxidation sites excluding steroid dienone is 1. The van der Waals surface area contributed by atoms with Crippen LogP contribution in [0.2, 0.25) is 10.0 Å². The molecule has 0 spiro atoms. The number of fused-ring (bicyclic) bond motifs is 1. The fraction of sp³-hybridized carbons (Fsp3) is 0.150. The topological polar surface area (TPSA) is 64.0 Å². The predicted octanol–water partition coefficient (Wildman–Crippen LogP) is 4.93. The number of para-hydroxylation sites is 1. The van der Waals surface area contributed by atoms with Gasteiger partial charge in [0, 0.05) is 6.54 Å². The minimum Gasteiger partial charge on any atom is -0.323 e. The molecule has 2 aromatic carbocycles. The molecule has 144 valence electrons. The Morgan fingerprint density at radius 3 is 2.79 bits per heavy atom. The predicted molar refractivity (Wildman–Crippen MR) is 117 cm³/mol. The van der Waals surface area contributed by atoms with Gasteiger partial charge in [0.1, 0.15) is 0 Å². The Balaban J connectivity index is 1.84. The van der Waals surface area contributed by atoms with E-state index in [9.17, 15) is 9.59 Å². The van der Waals surface area contributed by atoms with Gasteiger partial charge in [-0.3, -0.25) is 14.2 Å². The molecule has 0 bridgehead atoms. The number of rotatable bonds is 6. The van der Waals surface area contributed by atoms with Gasteiger partial charge in [0.2, 0.25) is 5.91 Å². The molecule has 0 atom stereocenters. The standard InChI is InChI=1S/C20H17Cl2N3O2S/c1-3-10-25-19(27)13-6-4-5-7-15(13)23-20(25)28-11-16(26)24-18-14(21)9-8-12(2)17(18)22/h3-9H,1,10-11H2,2H3,(H,24,26). The highest BCUT2D eigenvalue weighted by molar-refractivity contribution is 7.99. The maximum Gasteiger partial charge on any atom is 0.262 e. The summed E-state index contributed by atoms with van der Waals surface area (Å²) in [5, 5.41) is 4.47. The molecule has 0 radical (unpaired) electrons. The fourth-order valence-electron chi connectivity index (χ4n) is 2.62. The minimum atomic E-state index is -0.299. The average molecular weight is 434 g/mol. The Bertz CT molecular complexity index is 1130. The van der Waals surface area contributed by atoms with Crippen molar-refractivity contribution in [1.82, 2.24) is 9.55 Å². The molecule has 0 aliphatic heterocycles. The number of hydrogen-bond acceptors (Lipinski definition) is 4. The van der Waals surface area contributed by atoms with E-state index in [1.165, 1.54) is 16.3 Å². The molecule has 0 saturated carbocycles. The molecule has 28 heavy (non-hydrogen) atoms. The monoisotopic (exact) mass is 433 g/mol. The summed E-state index contributed by atoms with van der Waals surface area (Å²) in [7, 11) is 0. The highest BCUT2D eigenvalue weighted by atomic mass is 35.5. The first-order chi connectivity index (χ1) is 13.4. The summed E-state index contributed by atoms with van der Waals surface area (Å²) in [4.78, 5) is 29.7. The summed E-state index contributed by atoms with van der Waals surface area (Å²) in [6.45, 7) is 5.82. The lowest BCUT2D eigenvalue weighted by molar-refractivity contribution is -0.113. The van der Waals surface area contributed by atoms with Crippen LogP contribution in [-0.4, -0.2) is 21.2 Å². The van der Waals surface area contributed by atoms with E-state index < -0.39 is 0 Å². The number of hydrogen-bond donors (Lipinski definition) is 1. The molecule has 1 amide bonds. The van der Waals surface area contributed by atoms with Gasteiger partial charge < -0.3 is 5.32 Å². The van der Waals surface area contributed by atoms with Crippen molar-refractivity contribution in [2.75, 3.05) is 11.1 Å². The van der Waals surface area contributed by atoms with Gasteiger partial charge in [0.05, 0.1) is 32.4 Å². The average Bonchev–Trinajstić information content (AvgIpc) is 2.69. The third-order valence-corrected chi connectivity index (χ3v) is 5.80. The van der Waals surface area contributed by atoms with Gasteiger partial charge in [0.15, 0.2) is 5.16 Å². The molecule has 3 aromatic rings. The van der Waals surface area contributed by atoms with Crippen molar-refractivity contribution in [2.24, 2.45) is 0 Å². The van der Waals surface area contributed by atoms with Crippen LogP contribution in [-0.2, 0) is 11.3 Å². The van der Waals surface area contributed by atoms with E-state index in [-0.39, 0.29) is 17.2 Å². The first kappa shape index (κ1) is 20.5. The van der Waals surface area contributed by atoms with E-state index in [0.717, 1.165) is 5.56 Å². The van der Waals surface area contributed by atoms with Crippen LogP contribution in [0.25, 0.3) is 10.9 Å². The lowest BCUT2D eigenvalue weighted by Crippen LogP contribution is -2.23. The van der Waals surface area contributed by atoms with Crippen LogP contribution in [0.5, 0.6) is 0 Å². The van der Waals surface area contributed by atoms with Crippen LogP contribution in [0.15, 0.2) is 59.0 Å². The molecule has 1 aromatic heterocycles. The molecule has 0 saturated heterocycles. The second kappa shape index (κ2) is 8.82. The number of benzene rings is 2. The number of aryl methyl sites for hydroxylation is 1. The highest BCUT2D eigenvalue weighted by Crippen LogP contribution is 2.33. The molecule has 1 N–H and O–H groups in total. The van der Waals surface area contributed by atoms with Gasteiger partial charge in [-0.1, -0.05) is 59.2 Å². The van der Waals surface area contributed by atoms with E-state index >= 15 is 0 Å². The van der Waals surface area contributed by atoms with E-state index in [2.05, 4.69) is 16.9 Å². The number of nitrogens with zero attached hydrogens (tertiary/aromatic N) is 2. The molecule has 0 fully saturated rings. The summed E-state index contributed by atoms with van der Waals surface area (Å²) in [6, 6.07) is 10.6. The Morgan fingerprint density at radius 2 is 2.04 bits per heavy atom. The molecular formula is C20H17Cl2N3O2S. The summed E-state index contributed by atoms with van der Waals surface area (Å²) in [5.41, 5.74) is 1.60. The molecule has 1 heterocycles. The lowest BCUT2D eigenvalue weighted by atomic mass is 10.2. The van der Waals surface area contributed by atoms with Crippen LogP contribution in [0.1, 0.15) is 5.56 Å². The van der Waals surface area contributed by atoms with E-state index in [4.69, 9.17) is 23.2 Å². The Hall–Kier alpha value is -2.28. The third-order valence-electron chi connectivity index (χ3n) is 4.02. The van der Waals surface area contributed by atoms with Crippen molar-refractivity contribution in [3.63, 3.8) is 0 Å². The largest absolute Gasteiger partial charge is 0.323 e. The van der Waals surface area contributed by atoms with E-state index in [0.29, 0.717) is 38.3 Å². The van der Waals surface area contributed by atoms with Crippen LogP contribution >= 0.6 is 35.0 Å². The van der Waals surface area contributed by atoms with Gasteiger partial charge in [-0.2, -0.15) is 0 Å². The normalized spacial score (nSPS) is 10.8. The Labute approximate surface area is 176 Å². The van der Waals surface area contributed by atoms with Crippen molar-refractivity contribution in [1.29, 1.82) is 0 Å². The number of anilines is 1. The maximum absolute atomic E-state index is 12.7. The van der Waals surface area contributed by atoms with Gasteiger partial charge in [-0.15, -0.1) is 6.58 Å². The molecule has 3 rings (SSSR count). The summed E-state index contributed by atoms with van der Waals surface area (Å²) >= 11 is 13.5. The number of nitrogens with one attached hydrogen (secondary N) is 1. The zero-order valence-electron chi connectivity index (χ0n) is 15.0. The highest BCUT2D eigenvalue weighted by Gasteiger charge is 2.15. The quantitative estimate of drug-likeness (QED) is 0.340. The van der Waals surface area contributed by atoms with Gasteiger partial charge in [-0.25, -0.2) is 4.98 Å². The van der Waals surface area contributed by atoms with Crippen molar-refractivity contribution in [2.45, 2.75) is 18.6 Å². The molecule has 0 aliphatic rings. The molecule has 0 aliphatic carbocycles. The summed E-state index contributed by atoms with van der Waals surface area (Å²) in [5.74, 6) is -0.255. The van der Waals surface area contributed by atoms with Crippen molar-refractivity contribution in [3.05, 3.63) is 75.0 Å². The summed E-state index contributed by atoms with van der Waals surface area (Å²) < 4.78 is 1.50. The van der Waals surface area contributed by atoms with E-state index in [1.807, 2.05) is 13.0 Å². The Morgan fingerprint density at radius 1 is 1.29 bits per heavy atom. The number of aromatic nitrogens is 2. The first-order valence-electron chi connectivity index (χ1n) is 8.40. The van der Waals surface area contributed by atoms with Gasteiger partial charge in [-0.05, 0) is 30.7 Å². The van der Waals surface area contributed by atoms with Crippen LogP contribution < -0.4 is 10.9 Å². The molecule has 8 heteroatoms. The Kier molecular flexibility index (Phi) is 6.44. The third kappa shape index (κ3) is 4.24. The number of carbonyl (C=O) groups excluding carboxylic acids is 1. The van der Waals surface area contributed by atoms with Crippen molar-refractivity contribution in [3.8, 4) is 0 Å². The molecule has 5 nitrogen and oxygen atoms in total. The van der Waals surface area contributed by atoms with Gasteiger partial charge in [0.25, 0.3) is 5.56 Å². The fourth-order valence-corrected chi connectivity index (χ4v) is 3.90. The van der Waals surface area contributed by atoms with Gasteiger partial charge >= 0.3 is 0 Å². The molecular weight excluding hydrogens is 417 g/mol. The number of thioether (sulfide) groups is 1. The van der Waals surface area contributed by atoms with Crippen molar-refractivity contribution >= 4 is 57.5 Å². The second-order valence-corrected chi connectivity index (χ2v) is 7.73. The number of carbonyl (C=O) groups is 1. The van der Waals surface area contributed by atoms with E-state index in [1.54, 1.807) is 36.4 Å². The van der Waals surface area contributed by atoms with Crippen molar-refractivity contribution < 1.29 is 4.79 Å². The first-order valence-corrected chi connectivity index (χ1v) is 10.1. The number of amides is 1. The minimum absolute atomic E-state index is 0.0442. The lowest BCUT2D eigenvalue weighted by Gasteiger charge is -2.13. The zero-order chi connectivity index (χ0) is 20.3. The van der Waals surface area contributed by atoms with Crippen LogP contribution in [0, 0.1) is 6.92 Å². The summed E-state index contributed by atoms with van der Waals surface area (Å²) in [6.07, 6.45) is 1.62. The SMILES string of the molecule is C=CCn1c(SCC(=O)Nc2c(Cl)ccc(C)c2Cl)nc2ccccc2c1=O. The second-order valence-electron chi connectivity index (χ2n) is 6.01. The van der Waals surface area contributed by atoms with Crippen LogP contribution in [0.3, 0.4) is 0 Å². The molecule has 0 unspecified atom stereocenters.